The van der Waals surface area contributed by atoms with Gasteiger partial charge in [0.1, 0.15) is 0 Å². The van der Waals surface area contributed by atoms with Crippen LogP contribution in [0.4, 0.5) is 10.8 Å². The van der Waals surface area contributed by atoms with Crippen LogP contribution in [0.2, 0.25) is 5.02 Å². The zero-order valence-corrected chi connectivity index (χ0v) is 12.6. The van der Waals surface area contributed by atoms with Gasteiger partial charge < -0.3 is 5.73 Å². The Kier molecular flexibility index (Phi) is 3.76. The third-order valence-electron chi connectivity index (χ3n) is 1.83. The van der Waals surface area contributed by atoms with Crippen molar-refractivity contribution in [1.29, 1.82) is 0 Å². The summed E-state index contributed by atoms with van der Waals surface area (Å²) in [6, 6.07) is 4.68. The number of hydrogen-bond donors (Lipinski definition) is 2. The summed E-state index contributed by atoms with van der Waals surface area (Å²) in [5, 5.41) is 7.52. The van der Waals surface area contributed by atoms with Crippen molar-refractivity contribution in [2.24, 2.45) is 0 Å². The van der Waals surface area contributed by atoms with Crippen molar-refractivity contribution in [2.45, 2.75) is 4.34 Å². The first-order chi connectivity index (χ1) is 8.38. The summed E-state index contributed by atoms with van der Waals surface area (Å²) in [4.78, 5) is 0. The van der Waals surface area contributed by atoms with E-state index < -0.39 is 10.0 Å². The molecule has 1 aromatic carbocycles. The van der Waals surface area contributed by atoms with Crippen LogP contribution < -0.4 is 10.5 Å². The Labute approximate surface area is 120 Å². The number of nitrogens with two attached hydrogens (primary N) is 1. The maximum Gasteiger partial charge on any atom is 0.291 e. The zero-order valence-electron chi connectivity index (χ0n) is 8.59. The number of hydrogen-bond acceptors (Lipinski definition) is 6. The van der Waals surface area contributed by atoms with Crippen molar-refractivity contribution < 1.29 is 8.42 Å². The number of nitrogen functional groups attached to an aromatic ring is 1. The lowest BCUT2D eigenvalue weighted by Gasteiger charge is -2.07. The van der Waals surface area contributed by atoms with Gasteiger partial charge in [0.05, 0.1) is 5.69 Å². The lowest BCUT2D eigenvalue weighted by Crippen LogP contribution is -2.13. The fourth-order valence-electron chi connectivity index (χ4n) is 1.09. The molecule has 0 aliphatic carbocycles. The van der Waals surface area contributed by atoms with Gasteiger partial charge in [0.2, 0.25) is 5.13 Å². The highest BCUT2D eigenvalue weighted by atomic mass is 79.9. The lowest BCUT2D eigenvalue weighted by molar-refractivity contribution is 0.599. The minimum absolute atomic E-state index is 0.0885. The number of anilines is 2. The molecule has 18 heavy (non-hydrogen) atoms. The fraction of sp³-hybridized carbons (Fsp3) is 0. The third-order valence-corrected chi connectivity index (χ3v) is 5.20. The SMILES string of the molecule is Nc1nnc(S(=O)(=O)Nc2ccc(Cl)cc2Br)s1. The average Bonchev–Trinajstić information content (AvgIpc) is 2.70. The highest BCUT2D eigenvalue weighted by molar-refractivity contribution is 9.10. The van der Waals surface area contributed by atoms with E-state index in [0.717, 1.165) is 11.3 Å². The normalized spacial score (nSPS) is 11.4. The van der Waals surface area contributed by atoms with E-state index in [1.54, 1.807) is 12.1 Å². The van der Waals surface area contributed by atoms with Crippen LogP contribution in [-0.2, 0) is 10.0 Å². The van der Waals surface area contributed by atoms with E-state index in [4.69, 9.17) is 17.3 Å². The number of aromatic nitrogens is 2. The van der Waals surface area contributed by atoms with Gasteiger partial charge in [-0.1, -0.05) is 22.9 Å². The topological polar surface area (TPSA) is 98.0 Å². The summed E-state index contributed by atoms with van der Waals surface area (Å²) >= 11 is 9.76. The van der Waals surface area contributed by atoms with Gasteiger partial charge in [-0.2, -0.15) is 8.42 Å². The molecule has 0 amide bonds. The molecule has 0 unspecified atom stereocenters. The Morgan fingerprint density at radius 3 is 2.67 bits per heavy atom. The predicted molar refractivity (Wildman–Crippen MR) is 74.3 cm³/mol. The van der Waals surface area contributed by atoms with Crippen molar-refractivity contribution in [2.75, 3.05) is 10.5 Å². The maximum atomic E-state index is 11.9. The largest absolute Gasteiger partial charge is 0.374 e. The minimum Gasteiger partial charge on any atom is -0.374 e. The Morgan fingerprint density at radius 1 is 1.39 bits per heavy atom. The quantitative estimate of drug-likeness (QED) is 0.865. The molecule has 0 radical (unpaired) electrons. The summed E-state index contributed by atoms with van der Waals surface area (Å²) in [5.74, 6) is 0. The summed E-state index contributed by atoms with van der Waals surface area (Å²) in [6.07, 6.45) is 0. The second kappa shape index (κ2) is 5.00. The summed E-state index contributed by atoms with van der Waals surface area (Å²) < 4.78 is 26.6. The van der Waals surface area contributed by atoms with Gasteiger partial charge in [0.15, 0.2) is 0 Å². The van der Waals surface area contributed by atoms with Crippen LogP contribution in [0.15, 0.2) is 27.0 Å². The standard InChI is InChI=1S/C8H6BrClN4O2S2/c9-5-3-4(10)1-2-6(5)14-18(15,16)8-13-12-7(11)17-8/h1-3,14H,(H2,11,12). The van der Waals surface area contributed by atoms with Crippen molar-refractivity contribution in [3.8, 4) is 0 Å². The van der Waals surface area contributed by atoms with Gasteiger partial charge in [-0.3, -0.25) is 4.72 Å². The van der Waals surface area contributed by atoms with E-state index in [1.807, 2.05) is 0 Å². The van der Waals surface area contributed by atoms with E-state index in [-0.39, 0.29) is 9.47 Å². The Morgan fingerprint density at radius 2 is 2.11 bits per heavy atom. The van der Waals surface area contributed by atoms with E-state index in [1.165, 1.54) is 6.07 Å². The summed E-state index contributed by atoms with van der Waals surface area (Å²) in [6.45, 7) is 0. The van der Waals surface area contributed by atoms with Crippen LogP contribution in [-0.4, -0.2) is 18.6 Å². The molecule has 1 aromatic heterocycles. The molecule has 96 valence electrons. The Bertz CT molecular complexity index is 688. The van der Waals surface area contributed by atoms with Crippen molar-refractivity contribution in [3.63, 3.8) is 0 Å². The number of nitrogens with zero attached hydrogens (tertiary/aromatic N) is 2. The number of benzene rings is 1. The molecule has 3 N–H and O–H groups in total. The van der Waals surface area contributed by atoms with Gasteiger partial charge in [0.25, 0.3) is 14.4 Å². The highest BCUT2D eigenvalue weighted by Gasteiger charge is 2.20. The second-order valence-corrected chi connectivity index (χ2v) is 7.29. The molecule has 2 rings (SSSR count). The molecular weight excluding hydrogens is 364 g/mol. The maximum absolute atomic E-state index is 11.9. The molecular formula is C8H6BrClN4O2S2. The smallest absolute Gasteiger partial charge is 0.291 e. The molecule has 0 fully saturated rings. The van der Waals surface area contributed by atoms with Crippen LogP contribution in [0.1, 0.15) is 0 Å². The first-order valence-corrected chi connectivity index (χ1v) is 7.92. The molecule has 10 heteroatoms. The third kappa shape index (κ3) is 2.91. The molecule has 1 heterocycles. The molecule has 0 aliphatic heterocycles. The highest BCUT2D eigenvalue weighted by Crippen LogP contribution is 2.28. The van der Waals surface area contributed by atoms with Crippen molar-refractivity contribution in [1.82, 2.24) is 10.2 Å². The van der Waals surface area contributed by atoms with E-state index in [2.05, 4.69) is 30.8 Å². The van der Waals surface area contributed by atoms with Gasteiger partial charge in [-0.25, -0.2) is 0 Å². The number of halogens is 2. The van der Waals surface area contributed by atoms with Crippen LogP contribution in [0, 0.1) is 0 Å². The molecule has 0 bridgehead atoms. The van der Waals surface area contributed by atoms with Crippen molar-refractivity contribution in [3.05, 3.63) is 27.7 Å². The monoisotopic (exact) mass is 368 g/mol. The Balaban J connectivity index is 2.33. The van der Waals surface area contributed by atoms with Crippen LogP contribution in [0.25, 0.3) is 0 Å². The average molecular weight is 370 g/mol. The molecule has 0 aliphatic rings. The van der Waals surface area contributed by atoms with Crippen molar-refractivity contribution >= 4 is 59.7 Å². The van der Waals surface area contributed by atoms with Gasteiger partial charge in [-0.05, 0) is 34.1 Å². The van der Waals surface area contributed by atoms with Gasteiger partial charge >= 0.3 is 0 Å². The first-order valence-electron chi connectivity index (χ1n) is 4.45. The van der Waals surface area contributed by atoms with Crippen LogP contribution in [0.5, 0.6) is 0 Å². The number of nitrogens with one attached hydrogen (secondary N) is 1. The minimum atomic E-state index is -3.79. The Hall–Kier alpha value is -0.900. The number of rotatable bonds is 3. The number of sulfonamides is 1. The molecule has 2 aromatic rings. The lowest BCUT2D eigenvalue weighted by atomic mass is 10.3. The van der Waals surface area contributed by atoms with E-state index >= 15 is 0 Å². The molecule has 0 atom stereocenters. The molecule has 0 saturated heterocycles. The fourth-order valence-corrected chi connectivity index (χ4v) is 3.87. The zero-order chi connectivity index (χ0) is 13.3. The van der Waals surface area contributed by atoms with Crippen LogP contribution >= 0.6 is 38.9 Å². The first kappa shape index (κ1) is 13.5. The van der Waals surface area contributed by atoms with E-state index in [0.29, 0.717) is 15.2 Å². The van der Waals surface area contributed by atoms with Gasteiger partial charge in [-0.15, -0.1) is 10.2 Å². The van der Waals surface area contributed by atoms with Gasteiger partial charge in [0, 0.05) is 9.50 Å². The predicted octanol–water partition coefficient (Wildman–Crippen LogP) is 2.34. The molecule has 6 nitrogen and oxygen atoms in total. The molecule has 0 spiro atoms. The molecule has 0 saturated carbocycles. The van der Waals surface area contributed by atoms with Crippen LogP contribution in [0.3, 0.4) is 0 Å². The second-order valence-electron chi connectivity index (χ2n) is 3.14. The summed E-state index contributed by atoms with van der Waals surface area (Å²) in [5.41, 5.74) is 5.70. The van der Waals surface area contributed by atoms with E-state index in [9.17, 15) is 8.42 Å². The summed E-state index contributed by atoms with van der Waals surface area (Å²) in [7, 11) is -3.79.